The van der Waals surface area contributed by atoms with Crippen molar-refractivity contribution in [2.75, 3.05) is 11.5 Å². The van der Waals surface area contributed by atoms with Crippen LogP contribution in [0.25, 0.3) is 0 Å². The number of carbonyl (C=O) groups excluding carboxylic acids is 3. The van der Waals surface area contributed by atoms with Crippen LogP contribution in [0.1, 0.15) is 43.6 Å². The number of hydrogen-bond acceptors (Lipinski definition) is 8. The van der Waals surface area contributed by atoms with E-state index >= 15 is 0 Å². The van der Waals surface area contributed by atoms with E-state index in [2.05, 4.69) is 4.98 Å². The Kier molecular flexibility index (Phi) is 6.14. The molecular formula is C22H17ClN2O5S2. The van der Waals surface area contributed by atoms with Crippen LogP contribution in [-0.2, 0) is 9.53 Å². The number of ether oxygens (including phenoxy) is 1. The molecule has 1 aliphatic heterocycles. The third-order valence-corrected chi connectivity index (χ3v) is 7.09. The van der Waals surface area contributed by atoms with Gasteiger partial charge in [-0.15, -0.1) is 11.3 Å². The highest BCUT2D eigenvalue weighted by Gasteiger charge is 2.46. The van der Waals surface area contributed by atoms with Gasteiger partial charge in [-0.1, -0.05) is 41.1 Å². The SMILES string of the molecule is CCOC(=O)c1sc(N2C(=O)C(O)=C(C(=O)c3cccs3)[C@@H]2c2ccc(Cl)cc2)nc1C. The van der Waals surface area contributed by atoms with Crippen molar-refractivity contribution in [1.82, 2.24) is 4.98 Å². The molecule has 1 atom stereocenters. The van der Waals surface area contributed by atoms with Gasteiger partial charge < -0.3 is 9.84 Å². The average Bonchev–Trinajstić information content (AvgIpc) is 3.48. The predicted octanol–water partition coefficient (Wildman–Crippen LogP) is 5.13. The topological polar surface area (TPSA) is 96.8 Å². The number of Topliss-reactive ketones (excluding diaryl/α,β-unsaturated/α-hetero) is 1. The second-order valence-corrected chi connectivity index (χ2v) is 9.19. The highest BCUT2D eigenvalue weighted by molar-refractivity contribution is 7.17. The monoisotopic (exact) mass is 488 g/mol. The van der Waals surface area contributed by atoms with E-state index in [1.165, 1.54) is 16.2 Å². The first-order valence-corrected chi connectivity index (χ1v) is 11.7. The van der Waals surface area contributed by atoms with Gasteiger partial charge in [0.15, 0.2) is 10.9 Å². The zero-order valence-electron chi connectivity index (χ0n) is 17.0. The summed E-state index contributed by atoms with van der Waals surface area (Å²) < 4.78 is 5.07. The van der Waals surface area contributed by atoms with Crippen LogP contribution in [0.4, 0.5) is 5.13 Å². The van der Waals surface area contributed by atoms with E-state index in [-0.39, 0.29) is 22.2 Å². The summed E-state index contributed by atoms with van der Waals surface area (Å²) in [6, 6.07) is 9.05. The van der Waals surface area contributed by atoms with Gasteiger partial charge in [-0.25, -0.2) is 9.78 Å². The number of rotatable bonds is 6. The maximum atomic E-state index is 13.3. The zero-order chi connectivity index (χ0) is 23.0. The van der Waals surface area contributed by atoms with E-state index in [1.807, 2.05) is 0 Å². The number of esters is 1. The molecule has 0 spiro atoms. The summed E-state index contributed by atoms with van der Waals surface area (Å²) in [6.07, 6.45) is 0. The molecule has 1 aliphatic rings. The number of ketones is 1. The van der Waals surface area contributed by atoms with Gasteiger partial charge in [-0.05, 0) is 43.0 Å². The lowest BCUT2D eigenvalue weighted by Gasteiger charge is -2.24. The number of benzene rings is 1. The Hall–Kier alpha value is -3.01. The third-order valence-electron chi connectivity index (χ3n) is 4.84. The lowest BCUT2D eigenvalue weighted by molar-refractivity contribution is -0.117. The number of carbonyl (C=O) groups is 3. The first-order chi connectivity index (χ1) is 15.3. The van der Waals surface area contributed by atoms with Crippen LogP contribution in [0, 0.1) is 6.92 Å². The van der Waals surface area contributed by atoms with Crippen molar-refractivity contribution in [2.24, 2.45) is 0 Å². The van der Waals surface area contributed by atoms with Crippen LogP contribution >= 0.6 is 34.3 Å². The van der Waals surface area contributed by atoms with E-state index in [9.17, 15) is 19.5 Å². The summed E-state index contributed by atoms with van der Waals surface area (Å²) in [6.45, 7) is 3.53. The molecule has 10 heteroatoms. The Morgan fingerprint density at radius 3 is 2.59 bits per heavy atom. The Labute approximate surface area is 196 Å². The maximum Gasteiger partial charge on any atom is 0.350 e. The number of halogens is 1. The molecule has 0 saturated carbocycles. The fraction of sp³-hybridized carbons (Fsp3) is 0.182. The molecule has 0 radical (unpaired) electrons. The highest BCUT2D eigenvalue weighted by Crippen LogP contribution is 2.44. The second-order valence-electron chi connectivity index (χ2n) is 6.83. The minimum absolute atomic E-state index is 0.0506. The number of anilines is 1. The Balaban J connectivity index is 1.84. The number of thiazole rings is 1. The van der Waals surface area contributed by atoms with Gasteiger partial charge in [0.05, 0.1) is 28.8 Å². The normalized spacial score (nSPS) is 16.0. The molecule has 0 fully saturated rings. The standard InChI is InChI=1S/C22H17ClN2O5S2/c1-3-30-21(29)19-11(2)24-22(32-19)25-16(12-6-8-13(23)9-7-12)15(18(27)20(25)28)17(26)14-5-4-10-31-14/h4-10,16,27H,3H2,1-2H3/t16-/m0/s1. The van der Waals surface area contributed by atoms with Gasteiger partial charge in [-0.2, -0.15) is 0 Å². The Bertz CT molecular complexity index is 1230. The predicted molar refractivity (Wildman–Crippen MR) is 123 cm³/mol. The number of aliphatic hydroxyl groups excluding tert-OH is 1. The van der Waals surface area contributed by atoms with Crippen LogP contribution in [-0.4, -0.2) is 34.4 Å². The van der Waals surface area contributed by atoms with Crippen LogP contribution in [0.3, 0.4) is 0 Å². The number of thiophene rings is 1. The van der Waals surface area contributed by atoms with Crippen molar-refractivity contribution < 1.29 is 24.2 Å². The van der Waals surface area contributed by atoms with E-state index in [4.69, 9.17) is 16.3 Å². The van der Waals surface area contributed by atoms with Gasteiger partial charge in [0.1, 0.15) is 4.88 Å². The van der Waals surface area contributed by atoms with Crippen molar-refractivity contribution in [1.29, 1.82) is 0 Å². The molecule has 0 aliphatic carbocycles. The molecular weight excluding hydrogens is 472 g/mol. The molecule has 164 valence electrons. The van der Waals surface area contributed by atoms with Crippen molar-refractivity contribution in [3.05, 3.63) is 79.1 Å². The number of amides is 1. The number of aryl methyl sites for hydroxylation is 1. The maximum absolute atomic E-state index is 13.3. The molecule has 32 heavy (non-hydrogen) atoms. The van der Waals surface area contributed by atoms with Gasteiger partial charge in [0.25, 0.3) is 5.91 Å². The Morgan fingerprint density at radius 1 is 1.25 bits per heavy atom. The lowest BCUT2D eigenvalue weighted by atomic mass is 9.95. The summed E-state index contributed by atoms with van der Waals surface area (Å²) in [4.78, 5) is 44.9. The van der Waals surface area contributed by atoms with E-state index in [0.717, 1.165) is 11.3 Å². The minimum Gasteiger partial charge on any atom is -0.503 e. The first-order valence-electron chi connectivity index (χ1n) is 9.58. The largest absolute Gasteiger partial charge is 0.503 e. The summed E-state index contributed by atoms with van der Waals surface area (Å²) in [5, 5.41) is 13.1. The smallest absolute Gasteiger partial charge is 0.350 e. The zero-order valence-corrected chi connectivity index (χ0v) is 19.4. The van der Waals surface area contributed by atoms with E-state index < -0.39 is 29.5 Å². The average molecular weight is 489 g/mol. The summed E-state index contributed by atoms with van der Waals surface area (Å²) >= 11 is 8.21. The van der Waals surface area contributed by atoms with E-state index in [0.29, 0.717) is 21.2 Å². The number of aliphatic hydroxyl groups is 1. The van der Waals surface area contributed by atoms with Crippen LogP contribution in [0.2, 0.25) is 5.02 Å². The molecule has 4 rings (SSSR count). The summed E-state index contributed by atoms with van der Waals surface area (Å²) in [7, 11) is 0. The van der Waals surface area contributed by atoms with Gasteiger partial charge in [0.2, 0.25) is 5.78 Å². The second kappa shape index (κ2) is 8.85. The number of aromatic nitrogens is 1. The lowest BCUT2D eigenvalue weighted by Crippen LogP contribution is -2.31. The fourth-order valence-electron chi connectivity index (χ4n) is 3.41. The third kappa shape index (κ3) is 3.83. The molecule has 1 amide bonds. The Morgan fingerprint density at radius 2 is 1.97 bits per heavy atom. The molecule has 3 aromatic rings. The van der Waals surface area contributed by atoms with Crippen molar-refractivity contribution in [2.45, 2.75) is 19.9 Å². The van der Waals surface area contributed by atoms with Crippen molar-refractivity contribution >= 4 is 57.1 Å². The van der Waals surface area contributed by atoms with Crippen LogP contribution in [0.5, 0.6) is 0 Å². The van der Waals surface area contributed by atoms with Crippen molar-refractivity contribution in [3.8, 4) is 0 Å². The molecule has 3 heterocycles. The quantitative estimate of drug-likeness (QED) is 0.382. The van der Waals surface area contributed by atoms with Gasteiger partial charge in [-0.3, -0.25) is 14.5 Å². The molecule has 0 unspecified atom stereocenters. The molecule has 1 N–H and O–H groups in total. The van der Waals surface area contributed by atoms with Crippen LogP contribution < -0.4 is 4.90 Å². The number of nitrogens with zero attached hydrogens (tertiary/aromatic N) is 2. The summed E-state index contributed by atoms with van der Waals surface area (Å²) in [5.74, 6) is -2.41. The molecule has 7 nitrogen and oxygen atoms in total. The number of hydrogen-bond donors (Lipinski definition) is 1. The van der Waals surface area contributed by atoms with Gasteiger partial charge >= 0.3 is 5.97 Å². The molecule has 1 aromatic carbocycles. The first kappa shape index (κ1) is 22.2. The van der Waals surface area contributed by atoms with E-state index in [1.54, 1.807) is 55.6 Å². The molecule has 0 saturated heterocycles. The summed E-state index contributed by atoms with van der Waals surface area (Å²) in [5.41, 5.74) is 0.909. The molecule has 0 bridgehead atoms. The van der Waals surface area contributed by atoms with Gasteiger partial charge in [0, 0.05) is 5.02 Å². The molecule has 2 aromatic heterocycles. The minimum atomic E-state index is -0.935. The fourth-order valence-corrected chi connectivity index (χ4v) is 5.20. The van der Waals surface area contributed by atoms with Crippen molar-refractivity contribution in [3.63, 3.8) is 0 Å². The van der Waals surface area contributed by atoms with Crippen LogP contribution in [0.15, 0.2) is 53.1 Å². The highest BCUT2D eigenvalue weighted by atomic mass is 35.5.